The lowest BCUT2D eigenvalue weighted by molar-refractivity contribution is -0.0104. The summed E-state index contributed by atoms with van der Waals surface area (Å²) in [6, 6.07) is 0.188. The van der Waals surface area contributed by atoms with Crippen LogP contribution in [0.1, 0.15) is 39.4 Å². The SMILES string of the molecule is CCOC(C)(C)CNC(C)c1cnccn1. The summed E-state index contributed by atoms with van der Waals surface area (Å²) in [6.07, 6.45) is 5.17. The van der Waals surface area contributed by atoms with E-state index >= 15 is 0 Å². The molecule has 4 nitrogen and oxygen atoms in total. The van der Waals surface area contributed by atoms with E-state index in [1.165, 1.54) is 0 Å². The number of nitrogens with zero attached hydrogens (tertiary/aromatic N) is 2. The van der Waals surface area contributed by atoms with Crippen molar-refractivity contribution in [2.75, 3.05) is 13.2 Å². The maximum atomic E-state index is 5.62. The number of hydrogen-bond donors (Lipinski definition) is 1. The van der Waals surface area contributed by atoms with E-state index < -0.39 is 0 Å². The van der Waals surface area contributed by atoms with Crippen molar-refractivity contribution in [3.8, 4) is 0 Å². The Hall–Kier alpha value is -1.00. The Morgan fingerprint density at radius 3 is 2.75 bits per heavy atom. The van der Waals surface area contributed by atoms with Crippen molar-refractivity contribution in [3.05, 3.63) is 24.3 Å². The van der Waals surface area contributed by atoms with Crippen molar-refractivity contribution >= 4 is 0 Å². The van der Waals surface area contributed by atoms with Crippen LogP contribution >= 0.6 is 0 Å². The molecule has 1 unspecified atom stereocenters. The third-order valence-corrected chi connectivity index (χ3v) is 2.40. The Balaban J connectivity index is 2.44. The molecule has 1 aromatic heterocycles. The second-order valence-electron chi connectivity index (χ2n) is 4.43. The van der Waals surface area contributed by atoms with Gasteiger partial charge in [0.2, 0.25) is 0 Å². The van der Waals surface area contributed by atoms with E-state index in [9.17, 15) is 0 Å². The van der Waals surface area contributed by atoms with E-state index in [1.54, 1.807) is 18.6 Å². The van der Waals surface area contributed by atoms with Crippen molar-refractivity contribution < 1.29 is 4.74 Å². The second kappa shape index (κ2) is 5.92. The summed E-state index contributed by atoms with van der Waals surface area (Å²) in [5.41, 5.74) is 0.806. The summed E-state index contributed by atoms with van der Waals surface area (Å²) < 4.78 is 5.62. The summed E-state index contributed by atoms with van der Waals surface area (Å²) in [5, 5.41) is 3.40. The van der Waals surface area contributed by atoms with Crippen LogP contribution in [0.5, 0.6) is 0 Å². The fourth-order valence-corrected chi connectivity index (χ4v) is 1.48. The molecule has 0 fully saturated rings. The maximum Gasteiger partial charge on any atom is 0.0753 e. The average Bonchev–Trinajstić information content (AvgIpc) is 2.27. The van der Waals surface area contributed by atoms with Crippen LogP contribution in [-0.4, -0.2) is 28.7 Å². The van der Waals surface area contributed by atoms with Gasteiger partial charge in [-0.25, -0.2) is 0 Å². The lowest BCUT2D eigenvalue weighted by atomic mass is 10.1. The highest BCUT2D eigenvalue weighted by atomic mass is 16.5. The minimum Gasteiger partial charge on any atom is -0.375 e. The van der Waals surface area contributed by atoms with Gasteiger partial charge >= 0.3 is 0 Å². The number of rotatable bonds is 6. The highest BCUT2D eigenvalue weighted by Crippen LogP contribution is 2.11. The molecule has 1 aromatic rings. The molecular formula is C12H21N3O. The van der Waals surface area contributed by atoms with Crippen LogP contribution in [-0.2, 0) is 4.74 Å². The first kappa shape index (κ1) is 13.1. The van der Waals surface area contributed by atoms with Gasteiger partial charge in [-0.1, -0.05) is 0 Å². The third kappa shape index (κ3) is 4.24. The largest absolute Gasteiger partial charge is 0.375 e. The van der Waals surface area contributed by atoms with Crippen LogP contribution in [0.4, 0.5) is 0 Å². The summed E-state index contributed by atoms with van der Waals surface area (Å²) in [6.45, 7) is 9.76. The topological polar surface area (TPSA) is 47.0 Å². The Bertz CT molecular complexity index is 300. The van der Waals surface area contributed by atoms with Gasteiger partial charge in [0, 0.05) is 37.8 Å². The predicted octanol–water partition coefficient (Wildman–Crippen LogP) is 1.94. The maximum absolute atomic E-state index is 5.62. The van der Waals surface area contributed by atoms with Crippen LogP contribution in [0.25, 0.3) is 0 Å². The molecule has 1 atom stereocenters. The van der Waals surface area contributed by atoms with Crippen LogP contribution < -0.4 is 5.32 Å². The fourth-order valence-electron chi connectivity index (χ4n) is 1.48. The molecule has 1 rings (SSSR count). The van der Waals surface area contributed by atoms with E-state index in [-0.39, 0.29) is 11.6 Å². The van der Waals surface area contributed by atoms with Gasteiger partial charge in [0.05, 0.1) is 11.3 Å². The standard InChI is InChI=1S/C12H21N3O/c1-5-16-12(3,4)9-15-10(2)11-8-13-6-7-14-11/h6-8,10,15H,5,9H2,1-4H3. The van der Waals surface area contributed by atoms with Crippen molar-refractivity contribution in [2.24, 2.45) is 0 Å². The van der Waals surface area contributed by atoms with Gasteiger partial charge in [-0.2, -0.15) is 0 Å². The highest BCUT2D eigenvalue weighted by molar-refractivity contribution is 5.00. The minimum atomic E-state index is -0.148. The Morgan fingerprint density at radius 1 is 1.44 bits per heavy atom. The molecule has 0 radical (unpaired) electrons. The Kier molecular flexibility index (Phi) is 4.83. The molecule has 1 heterocycles. The van der Waals surface area contributed by atoms with E-state index in [2.05, 4.69) is 36.1 Å². The molecule has 1 N–H and O–H groups in total. The lowest BCUT2D eigenvalue weighted by Gasteiger charge is -2.26. The van der Waals surface area contributed by atoms with E-state index in [0.29, 0.717) is 0 Å². The molecule has 0 aliphatic carbocycles. The molecule has 0 aromatic carbocycles. The van der Waals surface area contributed by atoms with Crippen molar-refractivity contribution in [3.63, 3.8) is 0 Å². The van der Waals surface area contributed by atoms with Crippen molar-refractivity contribution in [2.45, 2.75) is 39.3 Å². The van der Waals surface area contributed by atoms with Crippen molar-refractivity contribution in [1.82, 2.24) is 15.3 Å². The number of aromatic nitrogens is 2. The molecule has 0 aliphatic rings. The average molecular weight is 223 g/mol. The zero-order valence-corrected chi connectivity index (χ0v) is 10.5. The summed E-state index contributed by atoms with van der Waals surface area (Å²) in [5.74, 6) is 0. The molecule has 0 saturated heterocycles. The first-order valence-corrected chi connectivity index (χ1v) is 5.68. The van der Waals surface area contributed by atoms with Crippen LogP contribution in [0.15, 0.2) is 18.6 Å². The first-order valence-electron chi connectivity index (χ1n) is 5.68. The molecule has 0 saturated carbocycles. The van der Waals surface area contributed by atoms with Crippen molar-refractivity contribution in [1.29, 1.82) is 0 Å². The summed E-state index contributed by atoms with van der Waals surface area (Å²) in [4.78, 5) is 8.31. The predicted molar refractivity (Wildman–Crippen MR) is 64.2 cm³/mol. The van der Waals surface area contributed by atoms with Gasteiger partial charge in [0.15, 0.2) is 0 Å². The van der Waals surface area contributed by atoms with Crippen LogP contribution in [0, 0.1) is 0 Å². The van der Waals surface area contributed by atoms with Gasteiger partial charge in [-0.3, -0.25) is 9.97 Å². The summed E-state index contributed by atoms with van der Waals surface area (Å²) in [7, 11) is 0. The van der Waals surface area contributed by atoms with Gasteiger partial charge in [0.1, 0.15) is 0 Å². The Labute approximate surface area is 97.5 Å². The van der Waals surface area contributed by atoms with Gasteiger partial charge in [0.25, 0.3) is 0 Å². The van der Waals surface area contributed by atoms with E-state index in [0.717, 1.165) is 18.8 Å². The van der Waals surface area contributed by atoms with Crippen LogP contribution in [0.2, 0.25) is 0 Å². The molecule has 0 bridgehead atoms. The van der Waals surface area contributed by atoms with Gasteiger partial charge in [-0.15, -0.1) is 0 Å². The van der Waals surface area contributed by atoms with E-state index in [4.69, 9.17) is 4.74 Å². The van der Waals surface area contributed by atoms with Crippen LogP contribution in [0.3, 0.4) is 0 Å². The van der Waals surface area contributed by atoms with Gasteiger partial charge < -0.3 is 10.1 Å². The van der Waals surface area contributed by atoms with Gasteiger partial charge in [-0.05, 0) is 27.7 Å². The zero-order valence-electron chi connectivity index (χ0n) is 10.5. The molecule has 4 heteroatoms. The first-order chi connectivity index (χ1) is 7.55. The third-order valence-electron chi connectivity index (χ3n) is 2.40. The highest BCUT2D eigenvalue weighted by Gasteiger charge is 2.18. The second-order valence-corrected chi connectivity index (χ2v) is 4.43. The number of nitrogens with one attached hydrogen (secondary N) is 1. The molecule has 0 spiro atoms. The molecule has 0 amide bonds. The smallest absolute Gasteiger partial charge is 0.0753 e. The number of ether oxygens (including phenoxy) is 1. The quantitative estimate of drug-likeness (QED) is 0.800. The molecule has 90 valence electrons. The monoisotopic (exact) mass is 223 g/mol. The normalized spacial score (nSPS) is 13.8. The fraction of sp³-hybridized carbons (Fsp3) is 0.667. The molecule has 16 heavy (non-hydrogen) atoms. The Morgan fingerprint density at radius 2 is 2.19 bits per heavy atom. The van der Waals surface area contributed by atoms with E-state index in [1.807, 2.05) is 6.92 Å². The summed E-state index contributed by atoms with van der Waals surface area (Å²) >= 11 is 0. The number of hydrogen-bond acceptors (Lipinski definition) is 4. The molecule has 0 aliphatic heterocycles. The minimum absolute atomic E-state index is 0.148. The molecular weight excluding hydrogens is 202 g/mol. The lowest BCUT2D eigenvalue weighted by Crippen LogP contribution is -2.38. The zero-order chi connectivity index (χ0) is 12.0.